The second kappa shape index (κ2) is 2.66. The average molecular weight is 254 g/mol. The number of aryl methyl sites for hydroxylation is 1. The van der Waals surface area contributed by atoms with Gasteiger partial charge in [-0.1, -0.05) is 15.9 Å². The van der Waals surface area contributed by atoms with Crippen LogP contribution in [0.5, 0.6) is 5.75 Å². The number of fused-ring (bicyclic) bond motifs is 1. The van der Waals surface area contributed by atoms with Crippen molar-refractivity contribution in [3.8, 4) is 5.75 Å². The second-order valence-corrected chi connectivity index (χ2v) is 5.15. The maximum Gasteiger partial charge on any atom is 0.144 e. The van der Waals surface area contributed by atoms with Crippen LogP contribution >= 0.6 is 15.9 Å². The normalized spacial score (nSPS) is 21.0. The molecule has 1 heterocycles. The molecule has 0 unspecified atom stereocenters. The molecule has 14 heavy (non-hydrogen) atoms. The van der Waals surface area contributed by atoms with Crippen LogP contribution in [-0.2, 0) is 0 Å². The molecule has 2 nitrogen and oxygen atoms in total. The van der Waals surface area contributed by atoms with Crippen LogP contribution in [0.15, 0.2) is 16.6 Å². The molecule has 3 rings (SSSR count). The van der Waals surface area contributed by atoms with Gasteiger partial charge >= 0.3 is 0 Å². The lowest BCUT2D eigenvalue weighted by molar-refractivity contribution is 0.184. The Morgan fingerprint density at radius 2 is 2.21 bits per heavy atom. The molecule has 1 aliphatic carbocycles. The lowest BCUT2D eigenvalue weighted by atomic mass is 10.1. The van der Waals surface area contributed by atoms with Crippen LogP contribution in [0.1, 0.15) is 18.4 Å². The molecule has 1 aromatic rings. The van der Waals surface area contributed by atoms with Gasteiger partial charge in [0.15, 0.2) is 0 Å². The summed E-state index contributed by atoms with van der Waals surface area (Å²) in [5, 5.41) is 3.47. The minimum Gasteiger partial charge on any atom is -0.483 e. The Kier molecular flexibility index (Phi) is 1.63. The molecule has 3 heteroatoms. The van der Waals surface area contributed by atoms with Crippen molar-refractivity contribution in [1.82, 2.24) is 0 Å². The van der Waals surface area contributed by atoms with Crippen molar-refractivity contribution in [1.29, 1.82) is 0 Å². The highest BCUT2D eigenvalue weighted by Gasteiger charge is 2.47. The molecular formula is C11H12BrNO. The molecule has 0 bridgehead atoms. The fraction of sp³-hybridized carbons (Fsp3) is 0.455. The van der Waals surface area contributed by atoms with Gasteiger partial charge in [-0.05, 0) is 37.5 Å². The van der Waals surface area contributed by atoms with E-state index in [4.69, 9.17) is 4.74 Å². The monoisotopic (exact) mass is 253 g/mol. The van der Waals surface area contributed by atoms with Crippen molar-refractivity contribution >= 4 is 21.6 Å². The van der Waals surface area contributed by atoms with Crippen molar-refractivity contribution in [3.63, 3.8) is 0 Å². The smallest absolute Gasteiger partial charge is 0.144 e. The summed E-state index contributed by atoms with van der Waals surface area (Å²) in [7, 11) is 0. The summed E-state index contributed by atoms with van der Waals surface area (Å²) in [5.41, 5.74) is 2.52. The number of rotatable bonds is 0. The van der Waals surface area contributed by atoms with Gasteiger partial charge in [-0.2, -0.15) is 0 Å². The largest absolute Gasteiger partial charge is 0.483 e. The first kappa shape index (κ1) is 8.60. The second-order valence-electron chi connectivity index (χ2n) is 4.23. The molecule has 1 aromatic carbocycles. The quantitative estimate of drug-likeness (QED) is 0.768. The summed E-state index contributed by atoms with van der Waals surface area (Å²) in [6.07, 6.45) is 2.37. The van der Waals surface area contributed by atoms with Gasteiger partial charge in [0, 0.05) is 4.47 Å². The Bertz CT molecular complexity index is 399. The number of nitrogens with one attached hydrogen (secondary N) is 1. The van der Waals surface area contributed by atoms with Gasteiger partial charge in [0.2, 0.25) is 0 Å². The molecule has 0 amide bonds. The van der Waals surface area contributed by atoms with Gasteiger partial charge in [-0.15, -0.1) is 0 Å². The van der Waals surface area contributed by atoms with Gasteiger partial charge in [-0.25, -0.2) is 0 Å². The van der Waals surface area contributed by atoms with E-state index in [1.54, 1.807) is 0 Å². The Morgan fingerprint density at radius 3 is 2.93 bits per heavy atom. The van der Waals surface area contributed by atoms with E-state index in [1.807, 2.05) is 0 Å². The zero-order valence-corrected chi connectivity index (χ0v) is 9.65. The van der Waals surface area contributed by atoms with Gasteiger partial charge in [-0.3, -0.25) is 0 Å². The first-order chi connectivity index (χ1) is 6.69. The summed E-state index contributed by atoms with van der Waals surface area (Å²) in [5.74, 6) is 1.00. The average Bonchev–Trinajstić information content (AvgIpc) is 2.83. The topological polar surface area (TPSA) is 21.3 Å². The third kappa shape index (κ3) is 1.22. The summed E-state index contributed by atoms with van der Waals surface area (Å²) < 4.78 is 7.09. The first-order valence-electron chi connectivity index (χ1n) is 4.92. The highest BCUT2D eigenvalue weighted by molar-refractivity contribution is 9.10. The van der Waals surface area contributed by atoms with E-state index >= 15 is 0 Å². The molecule has 1 N–H and O–H groups in total. The number of halogens is 1. The molecule has 1 spiro atoms. The molecule has 2 aliphatic rings. The minimum atomic E-state index is 0.125. The molecule has 1 saturated carbocycles. The van der Waals surface area contributed by atoms with Crippen molar-refractivity contribution < 1.29 is 4.74 Å². The van der Waals surface area contributed by atoms with Crippen LogP contribution in [0.25, 0.3) is 0 Å². The zero-order valence-electron chi connectivity index (χ0n) is 8.06. The van der Waals surface area contributed by atoms with E-state index in [2.05, 4.69) is 40.3 Å². The lowest BCUT2D eigenvalue weighted by Gasteiger charge is -2.28. The number of benzene rings is 1. The van der Waals surface area contributed by atoms with Crippen LogP contribution in [0.4, 0.5) is 5.69 Å². The van der Waals surface area contributed by atoms with E-state index < -0.39 is 0 Å². The van der Waals surface area contributed by atoms with Crippen LogP contribution in [0, 0.1) is 6.92 Å². The van der Waals surface area contributed by atoms with Crippen molar-refractivity contribution in [2.45, 2.75) is 25.4 Å². The summed E-state index contributed by atoms with van der Waals surface area (Å²) >= 11 is 3.49. The van der Waals surface area contributed by atoms with Crippen LogP contribution in [0.2, 0.25) is 0 Å². The van der Waals surface area contributed by atoms with Crippen molar-refractivity contribution in [3.05, 3.63) is 22.2 Å². The van der Waals surface area contributed by atoms with Crippen LogP contribution in [0.3, 0.4) is 0 Å². The van der Waals surface area contributed by atoms with Gasteiger partial charge in [0.05, 0.1) is 12.2 Å². The Morgan fingerprint density at radius 1 is 1.43 bits per heavy atom. The molecule has 74 valence electrons. The third-order valence-electron chi connectivity index (χ3n) is 2.99. The number of anilines is 1. The minimum absolute atomic E-state index is 0.125. The van der Waals surface area contributed by atoms with E-state index in [0.29, 0.717) is 0 Å². The Hall–Kier alpha value is -0.700. The zero-order chi connectivity index (χ0) is 9.76. The van der Waals surface area contributed by atoms with Gasteiger partial charge < -0.3 is 10.1 Å². The molecular weight excluding hydrogens is 242 g/mol. The standard InChI is InChI=1S/C11H12BrNO/c1-7-4-8(12)5-9-10(7)13-6-11(14-9)2-3-11/h4-5,13H,2-3,6H2,1H3. The highest BCUT2D eigenvalue weighted by atomic mass is 79.9. The van der Waals surface area contributed by atoms with E-state index in [9.17, 15) is 0 Å². The first-order valence-corrected chi connectivity index (χ1v) is 5.71. The van der Waals surface area contributed by atoms with Crippen LogP contribution < -0.4 is 10.1 Å². The maximum atomic E-state index is 6.00. The Balaban J connectivity index is 2.07. The van der Waals surface area contributed by atoms with E-state index in [-0.39, 0.29) is 5.60 Å². The summed E-state index contributed by atoms with van der Waals surface area (Å²) in [6, 6.07) is 4.16. The van der Waals surface area contributed by atoms with Crippen molar-refractivity contribution in [2.24, 2.45) is 0 Å². The molecule has 1 aliphatic heterocycles. The van der Waals surface area contributed by atoms with E-state index in [0.717, 1.165) is 22.5 Å². The fourth-order valence-corrected chi connectivity index (χ4v) is 2.51. The maximum absolute atomic E-state index is 6.00. The van der Waals surface area contributed by atoms with Crippen LogP contribution in [-0.4, -0.2) is 12.1 Å². The SMILES string of the molecule is Cc1cc(Br)cc2c1NCC1(CC1)O2. The fourth-order valence-electron chi connectivity index (χ4n) is 1.96. The van der Waals surface area contributed by atoms with Crippen molar-refractivity contribution in [2.75, 3.05) is 11.9 Å². The molecule has 0 aromatic heterocycles. The summed E-state index contributed by atoms with van der Waals surface area (Å²) in [6.45, 7) is 3.06. The lowest BCUT2D eigenvalue weighted by Crippen LogP contribution is -2.32. The van der Waals surface area contributed by atoms with Gasteiger partial charge in [0.1, 0.15) is 11.4 Å². The highest BCUT2D eigenvalue weighted by Crippen LogP contribution is 2.47. The Labute approximate surface area is 91.8 Å². The molecule has 0 radical (unpaired) electrons. The number of hydrogen-bond donors (Lipinski definition) is 1. The summed E-state index contributed by atoms with van der Waals surface area (Å²) in [4.78, 5) is 0. The molecule has 0 saturated heterocycles. The number of ether oxygens (including phenoxy) is 1. The van der Waals surface area contributed by atoms with Gasteiger partial charge in [0.25, 0.3) is 0 Å². The number of hydrogen-bond acceptors (Lipinski definition) is 2. The molecule has 0 atom stereocenters. The predicted molar refractivity (Wildman–Crippen MR) is 60.0 cm³/mol. The third-order valence-corrected chi connectivity index (χ3v) is 3.44. The van der Waals surface area contributed by atoms with E-state index in [1.165, 1.54) is 18.4 Å². The predicted octanol–water partition coefficient (Wildman–Crippen LogP) is 3.09. The molecule has 1 fully saturated rings.